The molecule has 0 aliphatic carbocycles. The summed E-state index contributed by atoms with van der Waals surface area (Å²) < 4.78 is 25.6. The predicted molar refractivity (Wildman–Crippen MR) is 150 cm³/mol. The van der Waals surface area contributed by atoms with E-state index in [0.717, 1.165) is 19.3 Å². The molecule has 4 atom stereocenters. The number of rotatable bonds is 6. The molecule has 4 N–H and O–H groups in total. The number of carbonyl (C=O) groups excluding carboxylic acids is 2. The minimum atomic E-state index is -0.537. The number of hydrogen-bond donors (Lipinski definition) is 4. The Labute approximate surface area is 230 Å². The summed E-state index contributed by atoms with van der Waals surface area (Å²) in [6.45, 7) is 7.22. The minimum absolute atomic E-state index is 0.00979. The van der Waals surface area contributed by atoms with Gasteiger partial charge in [-0.3, -0.25) is 4.79 Å². The first-order chi connectivity index (χ1) is 18.7. The van der Waals surface area contributed by atoms with Crippen LogP contribution >= 0.6 is 0 Å². The number of amides is 3. The number of ether oxygens (including phenoxy) is 2. The predicted octanol–water partition coefficient (Wildman–Crippen LogP) is 4.48. The van der Waals surface area contributed by atoms with Crippen LogP contribution in [0.3, 0.4) is 0 Å². The van der Waals surface area contributed by atoms with E-state index >= 15 is 0 Å². The number of halogens is 1. The Bertz CT molecular complexity index is 1080. The van der Waals surface area contributed by atoms with Crippen LogP contribution < -0.4 is 20.7 Å². The van der Waals surface area contributed by atoms with Gasteiger partial charge in [0.25, 0.3) is 5.91 Å². The summed E-state index contributed by atoms with van der Waals surface area (Å²) in [4.78, 5) is 28.2. The lowest BCUT2D eigenvalue weighted by atomic mass is 10.0. The highest BCUT2D eigenvalue weighted by Gasteiger charge is 2.29. The zero-order valence-electron chi connectivity index (χ0n) is 23.2. The fourth-order valence-electron chi connectivity index (χ4n) is 4.52. The van der Waals surface area contributed by atoms with Crippen molar-refractivity contribution in [2.24, 2.45) is 5.92 Å². The quantitative estimate of drug-likeness (QED) is 0.427. The Kier molecular flexibility index (Phi) is 11.5. The smallest absolute Gasteiger partial charge is 0.323 e. The second kappa shape index (κ2) is 14.8. The van der Waals surface area contributed by atoms with Crippen molar-refractivity contribution in [3.8, 4) is 5.75 Å². The highest BCUT2D eigenvalue weighted by atomic mass is 19.1. The molecular formula is C29H41FN4O5. The Morgan fingerprint density at radius 3 is 2.51 bits per heavy atom. The van der Waals surface area contributed by atoms with E-state index in [-0.39, 0.29) is 36.2 Å². The number of urea groups is 1. The van der Waals surface area contributed by atoms with E-state index in [1.807, 2.05) is 20.9 Å². The number of nitrogens with one attached hydrogen (secondary N) is 3. The third-order valence-electron chi connectivity index (χ3n) is 6.82. The van der Waals surface area contributed by atoms with Gasteiger partial charge in [0, 0.05) is 37.0 Å². The van der Waals surface area contributed by atoms with E-state index in [2.05, 4.69) is 16.0 Å². The lowest BCUT2D eigenvalue weighted by Crippen LogP contribution is -2.47. The van der Waals surface area contributed by atoms with Gasteiger partial charge in [-0.05, 0) is 82.6 Å². The third-order valence-corrected chi connectivity index (χ3v) is 6.82. The lowest BCUT2D eigenvalue weighted by molar-refractivity contribution is -0.000451. The molecule has 2 aromatic rings. The first-order valence-electron chi connectivity index (χ1n) is 13.5. The van der Waals surface area contributed by atoms with Crippen molar-refractivity contribution < 1.29 is 28.6 Å². The molecule has 1 aliphatic heterocycles. The molecule has 0 aromatic heterocycles. The number of fused-ring (bicyclic) bond motifs is 1. The minimum Gasteiger partial charge on any atom is -0.490 e. The molecule has 2 aromatic carbocycles. The highest BCUT2D eigenvalue weighted by Crippen LogP contribution is 2.28. The largest absolute Gasteiger partial charge is 0.490 e. The molecule has 10 heteroatoms. The molecule has 0 fully saturated rings. The van der Waals surface area contributed by atoms with Gasteiger partial charge in [0.15, 0.2) is 0 Å². The number of aliphatic hydroxyl groups is 1. The van der Waals surface area contributed by atoms with E-state index in [1.54, 1.807) is 30.0 Å². The Hall–Kier alpha value is -3.21. The number of anilines is 2. The van der Waals surface area contributed by atoms with Gasteiger partial charge in [0.05, 0.1) is 30.4 Å². The van der Waals surface area contributed by atoms with E-state index in [1.165, 1.54) is 24.3 Å². The van der Waals surface area contributed by atoms with Crippen LogP contribution in [-0.2, 0) is 4.74 Å². The highest BCUT2D eigenvalue weighted by molar-refractivity contribution is 6.02. The van der Waals surface area contributed by atoms with Crippen LogP contribution in [0, 0.1) is 11.7 Å². The van der Waals surface area contributed by atoms with Gasteiger partial charge in [-0.15, -0.1) is 0 Å². The van der Waals surface area contributed by atoms with Crippen molar-refractivity contribution >= 4 is 23.3 Å². The van der Waals surface area contributed by atoms with Gasteiger partial charge < -0.3 is 35.4 Å². The number of nitrogens with zero attached hydrogens (tertiary/aromatic N) is 1. The summed E-state index contributed by atoms with van der Waals surface area (Å²) >= 11 is 0. The molecule has 1 heterocycles. The molecule has 0 spiro atoms. The van der Waals surface area contributed by atoms with Crippen molar-refractivity contribution in [3.05, 3.63) is 53.8 Å². The fourth-order valence-corrected chi connectivity index (χ4v) is 4.52. The van der Waals surface area contributed by atoms with Crippen LogP contribution in [0.25, 0.3) is 0 Å². The maximum Gasteiger partial charge on any atom is 0.323 e. The molecule has 39 heavy (non-hydrogen) atoms. The first-order valence-corrected chi connectivity index (χ1v) is 13.5. The molecular weight excluding hydrogens is 503 g/mol. The summed E-state index contributed by atoms with van der Waals surface area (Å²) in [5, 5.41) is 18.6. The number of hydrogen-bond acceptors (Lipinski definition) is 6. The second-order valence-corrected chi connectivity index (χ2v) is 10.2. The molecule has 0 radical (unpaired) electrons. The molecule has 0 unspecified atom stereocenters. The lowest BCUT2D eigenvalue weighted by Gasteiger charge is -2.34. The van der Waals surface area contributed by atoms with Gasteiger partial charge in [-0.2, -0.15) is 0 Å². The van der Waals surface area contributed by atoms with Crippen LogP contribution in [0.5, 0.6) is 5.75 Å². The first kappa shape index (κ1) is 30.3. The SMILES string of the molecule is CNC[C@H]1OCCCC[C@H](C)Oc2ccc(NC(=O)Nc3ccc(F)cc3)cc2C(=O)N([C@@H](C)CO)C[C@@H]1C. The summed E-state index contributed by atoms with van der Waals surface area (Å²) in [5.74, 6) is -0.308. The number of benzene rings is 2. The van der Waals surface area contributed by atoms with Crippen molar-refractivity contribution in [2.45, 2.75) is 58.3 Å². The van der Waals surface area contributed by atoms with Crippen molar-refractivity contribution in [1.82, 2.24) is 10.2 Å². The fraction of sp³-hybridized carbons (Fsp3) is 0.517. The average molecular weight is 545 g/mol. The Morgan fingerprint density at radius 2 is 1.82 bits per heavy atom. The number of likely N-dealkylation sites (N-methyl/N-ethyl adjacent to an activating group) is 1. The molecule has 0 bridgehead atoms. The van der Waals surface area contributed by atoms with Crippen LogP contribution in [-0.4, -0.2) is 73.5 Å². The molecule has 9 nitrogen and oxygen atoms in total. The van der Waals surface area contributed by atoms with Gasteiger partial charge in [-0.1, -0.05) is 6.92 Å². The molecule has 3 rings (SSSR count). The normalized spacial score (nSPS) is 21.7. The molecule has 3 amide bonds. The van der Waals surface area contributed by atoms with Crippen molar-refractivity contribution in [2.75, 3.05) is 44.0 Å². The topological polar surface area (TPSA) is 112 Å². The van der Waals surface area contributed by atoms with Crippen molar-refractivity contribution in [1.29, 1.82) is 0 Å². The Balaban J connectivity index is 1.92. The van der Waals surface area contributed by atoms with E-state index in [4.69, 9.17) is 9.47 Å². The monoisotopic (exact) mass is 544 g/mol. The van der Waals surface area contributed by atoms with Gasteiger partial charge in [0.1, 0.15) is 11.6 Å². The molecule has 214 valence electrons. The van der Waals surface area contributed by atoms with Gasteiger partial charge in [-0.25, -0.2) is 9.18 Å². The maximum absolute atomic E-state index is 14.0. The number of carbonyl (C=O) groups is 2. The van der Waals surface area contributed by atoms with Gasteiger partial charge in [0.2, 0.25) is 0 Å². The number of aliphatic hydroxyl groups excluding tert-OH is 1. The van der Waals surface area contributed by atoms with E-state index in [9.17, 15) is 19.1 Å². The summed E-state index contributed by atoms with van der Waals surface area (Å²) in [6, 6.07) is 9.37. The van der Waals surface area contributed by atoms with Crippen LogP contribution in [0.15, 0.2) is 42.5 Å². The molecule has 0 saturated carbocycles. The standard InChI is InChI=1S/C29H41FN4O5/c1-19-17-34(20(2)18-35)28(36)25-15-24(33-29(37)32-23-10-8-22(30)9-11-23)12-13-26(25)39-21(3)7-5-6-14-38-27(19)16-31-4/h8-13,15,19-21,27,31,35H,5-7,14,16-18H2,1-4H3,(H2,32,33,37)/t19-,20-,21-,27+/m0/s1. The van der Waals surface area contributed by atoms with Crippen LogP contribution in [0.1, 0.15) is 50.4 Å². The maximum atomic E-state index is 14.0. The second-order valence-electron chi connectivity index (χ2n) is 10.2. The summed E-state index contributed by atoms with van der Waals surface area (Å²) in [5.41, 5.74) is 1.10. The Morgan fingerprint density at radius 1 is 1.13 bits per heavy atom. The zero-order valence-corrected chi connectivity index (χ0v) is 23.2. The van der Waals surface area contributed by atoms with Gasteiger partial charge >= 0.3 is 6.03 Å². The van der Waals surface area contributed by atoms with Crippen LogP contribution in [0.4, 0.5) is 20.6 Å². The average Bonchev–Trinajstić information content (AvgIpc) is 2.91. The van der Waals surface area contributed by atoms with Crippen LogP contribution in [0.2, 0.25) is 0 Å². The van der Waals surface area contributed by atoms with E-state index < -0.39 is 17.9 Å². The summed E-state index contributed by atoms with van der Waals surface area (Å²) in [7, 11) is 1.87. The van der Waals surface area contributed by atoms with E-state index in [0.29, 0.717) is 36.8 Å². The van der Waals surface area contributed by atoms with Crippen molar-refractivity contribution in [3.63, 3.8) is 0 Å². The molecule has 0 saturated heterocycles. The summed E-state index contributed by atoms with van der Waals surface area (Å²) in [6.07, 6.45) is 2.36. The third kappa shape index (κ3) is 8.91. The zero-order chi connectivity index (χ0) is 28.4. The molecule has 1 aliphatic rings.